The van der Waals surface area contributed by atoms with Gasteiger partial charge in [-0.2, -0.15) is 0 Å². The molecule has 0 amide bonds. The van der Waals surface area contributed by atoms with Gasteiger partial charge in [0.05, 0.1) is 0 Å². The molecule has 0 rings (SSSR count). The second kappa shape index (κ2) is 18.2. The van der Waals surface area contributed by atoms with Crippen molar-refractivity contribution in [1.29, 1.82) is 0 Å². The Kier molecular flexibility index (Phi) is 18.6. The van der Waals surface area contributed by atoms with Gasteiger partial charge in [-0.15, -0.1) is 0 Å². The standard InChI is InChI=1S/C22H48Si2/c1-5-8-11-14-17-20-24(23-4,21-18-15-12-9-6-2)22-19-16-13-10-7-3/h5-22H2,1-4H3. The third kappa shape index (κ3) is 13.7. The van der Waals surface area contributed by atoms with Crippen LogP contribution in [-0.4, -0.2) is 16.6 Å². The summed E-state index contributed by atoms with van der Waals surface area (Å²) >= 11 is 0. The summed E-state index contributed by atoms with van der Waals surface area (Å²) in [5.74, 6) is 0. The summed E-state index contributed by atoms with van der Waals surface area (Å²) in [6.45, 7) is 9.56. The summed E-state index contributed by atoms with van der Waals surface area (Å²) in [5, 5.41) is 0. The summed E-state index contributed by atoms with van der Waals surface area (Å²) in [5.41, 5.74) is 0. The van der Waals surface area contributed by atoms with Crippen LogP contribution in [0.3, 0.4) is 0 Å². The van der Waals surface area contributed by atoms with Gasteiger partial charge in [-0.25, -0.2) is 0 Å². The van der Waals surface area contributed by atoms with E-state index in [4.69, 9.17) is 0 Å². The lowest BCUT2D eigenvalue weighted by Gasteiger charge is -2.31. The average Bonchev–Trinajstić information content (AvgIpc) is 2.60. The summed E-state index contributed by atoms with van der Waals surface area (Å²) in [4.78, 5) is 0. The van der Waals surface area contributed by atoms with E-state index >= 15 is 0 Å². The van der Waals surface area contributed by atoms with Gasteiger partial charge >= 0.3 is 0 Å². The Hall–Kier alpha value is 0.434. The largest absolute Gasteiger partial charge is 0.0754 e. The fourth-order valence-corrected chi connectivity index (χ4v) is 12.1. The smallest absolute Gasteiger partial charge is 0.0415 e. The minimum atomic E-state index is -0.922. The van der Waals surface area contributed by atoms with E-state index in [9.17, 15) is 0 Å². The number of unbranched alkanes of at least 4 members (excludes halogenated alkanes) is 12. The van der Waals surface area contributed by atoms with Crippen LogP contribution in [0.1, 0.15) is 117 Å². The van der Waals surface area contributed by atoms with Crippen molar-refractivity contribution in [3.05, 3.63) is 0 Å². The quantitative estimate of drug-likeness (QED) is 0.158. The van der Waals surface area contributed by atoms with Crippen LogP contribution in [-0.2, 0) is 0 Å². The van der Waals surface area contributed by atoms with Gasteiger partial charge in [0.2, 0.25) is 0 Å². The zero-order valence-electron chi connectivity index (χ0n) is 17.7. The third-order valence-electron chi connectivity index (χ3n) is 5.81. The van der Waals surface area contributed by atoms with Crippen LogP contribution in [0, 0.1) is 0 Å². The van der Waals surface area contributed by atoms with Crippen LogP contribution in [0.4, 0.5) is 0 Å². The molecule has 2 heteroatoms. The zero-order valence-corrected chi connectivity index (χ0v) is 19.7. The molecule has 0 heterocycles. The molecule has 0 aromatic rings. The molecule has 0 bridgehead atoms. The molecule has 0 nitrogen and oxygen atoms in total. The molecule has 0 saturated carbocycles. The van der Waals surface area contributed by atoms with Crippen molar-refractivity contribution in [2.75, 3.05) is 0 Å². The molecule has 0 aliphatic carbocycles. The Morgan fingerprint density at radius 3 is 1.00 bits per heavy atom. The maximum Gasteiger partial charge on any atom is 0.0415 e. The van der Waals surface area contributed by atoms with Crippen molar-refractivity contribution >= 4 is 16.6 Å². The molecule has 0 spiro atoms. The summed E-state index contributed by atoms with van der Waals surface area (Å²) in [7, 11) is 0.372. The van der Waals surface area contributed by atoms with Crippen molar-refractivity contribution < 1.29 is 0 Å². The Bertz CT molecular complexity index is 204. The monoisotopic (exact) mass is 368 g/mol. The molecule has 0 aliphatic rings. The fraction of sp³-hybridized carbons (Fsp3) is 1.00. The minimum absolute atomic E-state index is 0.922. The van der Waals surface area contributed by atoms with E-state index in [1.165, 1.54) is 86.1 Å². The predicted octanol–water partition coefficient (Wildman–Crippen LogP) is 8.60. The van der Waals surface area contributed by atoms with Gasteiger partial charge in [0.1, 0.15) is 0 Å². The first-order valence-electron chi connectivity index (χ1n) is 11.4. The normalized spacial score (nSPS) is 12.0. The predicted molar refractivity (Wildman–Crippen MR) is 118 cm³/mol. The Morgan fingerprint density at radius 1 is 0.458 bits per heavy atom. The summed E-state index contributed by atoms with van der Waals surface area (Å²) < 4.78 is 0. The zero-order chi connectivity index (χ0) is 17.9. The van der Waals surface area contributed by atoms with E-state index in [1.54, 1.807) is 37.4 Å². The topological polar surface area (TPSA) is 0 Å². The molecule has 0 atom stereocenters. The number of rotatable bonds is 19. The minimum Gasteiger partial charge on any atom is -0.0754 e. The second-order valence-corrected chi connectivity index (χ2v) is 17.3. The van der Waals surface area contributed by atoms with Crippen molar-refractivity contribution in [3.8, 4) is 0 Å². The molecule has 0 aliphatic heterocycles. The highest BCUT2D eigenvalue weighted by Gasteiger charge is 2.29. The van der Waals surface area contributed by atoms with E-state index in [2.05, 4.69) is 27.3 Å². The maximum absolute atomic E-state index is 2.57. The Balaban J connectivity index is 4.23. The third-order valence-corrected chi connectivity index (χ3v) is 16.2. The molecule has 0 aromatic carbocycles. The summed E-state index contributed by atoms with van der Waals surface area (Å²) in [6.07, 6.45) is 22.2. The maximum atomic E-state index is 2.57. The average molecular weight is 369 g/mol. The fourth-order valence-electron chi connectivity index (χ4n) is 3.95. The first-order valence-corrected chi connectivity index (χ1v) is 16.6. The summed E-state index contributed by atoms with van der Waals surface area (Å²) in [6, 6.07) is 4.98. The van der Waals surface area contributed by atoms with Crippen molar-refractivity contribution in [3.63, 3.8) is 0 Å². The lowest BCUT2D eigenvalue weighted by atomic mass is 10.2. The van der Waals surface area contributed by atoms with Gasteiger partial charge in [-0.1, -0.05) is 142 Å². The second-order valence-electron chi connectivity index (χ2n) is 8.02. The van der Waals surface area contributed by atoms with Gasteiger partial charge in [0.25, 0.3) is 0 Å². The van der Waals surface area contributed by atoms with Gasteiger partial charge in [-0.3, -0.25) is 0 Å². The van der Waals surface area contributed by atoms with Gasteiger partial charge in [0, 0.05) is 16.6 Å². The molecule has 0 saturated heterocycles. The first kappa shape index (κ1) is 24.4. The van der Waals surface area contributed by atoms with Crippen molar-refractivity contribution in [1.82, 2.24) is 0 Å². The molecule has 0 fully saturated rings. The van der Waals surface area contributed by atoms with Crippen LogP contribution in [0.2, 0.25) is 24.7 Å². The van der Waals surface area contributed by atoms with Crippen molar-refractivity contribution in [2.45, 2.75) is 142 Å². The Morgan fingerprint density at radius 2 is 0.750 bits per heavy atom. The number of hydrogen-bond acceptors (Lipinski definition) is 0. The highest BCUT2D eigenvalue weighted by molar-refractivity contribution is 7.24. The van der Waals surface area contributed by atoms with Crippen LogP contribution in [0.5, 0.6) is 0 Å². The van der Waals surface area contributed by atoms with Gasteiger partial charge in [0.15, 0.2) is 0 Å². The lowest BCUT2D eigenvalue weighted by Crippen LogP contribution is -2.40. The lowest BCUT2D eigenvalue weighted by molar-refractivity contribution is 0.634. The highest BCUT2D eigenvalue weighted by atomic mass is 29.2. The molecular weight excluding hydrogens is 320 g/mol. The highest BCUT2D eigenvalue weighted by Crippen LogP contribution is 2.29. The van der Waals surface area contributed by atoms with Crippen LogP contribution < -0.4 is 0 Å². The Labute approximate surface area is 158 Å². The number of hydrogen-bond donors (Lipinski definition) is 0. The van der Waals surface area contributed by atoms with E-state index in [0.717, 1.165) is 0 Å². The van der Waals surface area contributed by atoms with E-state index in [0.29, 0.717) is 0 Å². The van der Waals surface area contributed by atoms with Crippen LogP contribution in [0.25, 0.3) is 0 Å². The molecular formula is C22H48Si2. The molecule has 0 N–H and O–H groups in total. The molecule has 0 unspecified atom stereocenters. The van der Waals surface area contributed by atoms with E-state index in [1.807, 2.05) is 0 Å². The molecule has 2 radical (unpaired) electrons. The van der Waals surface area contributed by atoms with Gasteiger partial charge in [-0.05, 0) is 0 Å². The van der Waals surface area contributed by atoms with Crippen LogP contribution in [0.15, 0.2) is 0 Å². The SMILES string of the molecule is CCCCCCC[Si](CCCCCCC)(CCCCCCC)[Si]C. The molecule has 24 heavy (non-hydrogen) atoms. The van der Waals surface area contributed by atoms with Crippen LogP contribution >= 0.6 is 0 Å². The molecule has 144 valence electrons. The van der Waals surface area contributed by atoms with Gasteiger partial charge < -0.3 is 0 Å². The first-order chi connectivity index (χ1) is 11.7. The van der Waals surface area contributed by atoms with E-state index in [-0.39, 0.29) is 0 Å². The van der Waals surface area contributed by atoms with Crippen molar-refractivity contribution in [2.24, 2.45) is 0 Å². The van der Waals surface area contributed by atoms with E-state index < -0.39 is 7.59 Å². The molecule has 0 aromatic heterocycles.